The third-order valence-electron chi connectivity index (χ3n) is 5.54. The summed E-state index contributed by atoms with van der Waals surface area (Å²) in [5.74, 6) is -4.54. The summed E-state index contributed by atoms with van der Waals surface area (Å²) in [6.45, 7) is 3.27. The molecule has 34 heavy (non-hydrogen) atoms. The molecule has 0 spiro atoms. The van der Waals surface area contributed by atoms with Crippen LogP contribution in [0, 0.1) is 11.8 Å². The number of benzene rings is 1. The van der Waals surface area contributed by atoms with Crippen molar-refractivity contribution in [2.45, 2.75) is 45.5 Å². The molecule has 0 amide bonds. The van der Waals surface area contributed by atoms with Crippen molar-refractivity contribution in [2.24, 2.45) is 11.8 Å². The van der Waals surface area contributed by atoms with Crippen LogP contribution in [0.25, 0.3) is 0 Å². The van der Waals surface area contributed by atoms with Crippen LogP contribution >= 0.6 is 0 Å². The molecular formula is C24H26O10. The number of hydrogen-bond donors (Lipinski definition) is 0. The van der Waals surface area contributed by atoms with E-state index in [1.54, 1.807) is 36.4 Å². The summed E-state index contributed by atoms with van der Waals surface area (Å²) in [5, 5.41) is 0. The van der Waals surface area contributed by atoms with Crippen molar-refractivity contribution >= 4 is 29.8 Å². The Labute approximate surface area is 196 Å². The second-order valence-electron chi connectivity index (χ2n) is 8.09. The van der Waals surface area contributed by atoms with E-state index in [0.29, 0.717) is 11.1 Å². The Morgan fingerprint density at radius 1 is 0.941 bits per heavy atom. The first-order chi connectivity index (χ1) is 16.2. The van der Waals surface area contributed by atoms with Gasteiger partial charge in [-0.25, -0.2) is 9.59 Å². The molecule has 1 aromatic carbocycles. The number of esters is 5. The average molecular weight is 474 g/mol. The van der Waals surface area contributed by atoms with Gasteiger partial charge in [-0.05, 0) is 30.2 Å². The lowest BCUT2D eigenvalue weighted by atomic mass is 9.70. The number of hydrogen-bond acceptors (Lipinski definition) is 10. The summed E-state index contributed by atoms with van der Waals surface area (Å²) < 4.78 is 26.6. The first-order valence-corrected chi connectivity index (χ1v) is 10.8. The fourth-order valence-corrected chi connectivity index (χ4v) is 4.22. The number of fused-ring (bicyclic) bond motifs is 1. The lowest BCUT2D eigenvalue weighted by Gasteiger charge is -2.45. The van der Waals surface area contributed by atoms with Gasteiger partial charge in [0.1, 0.15) is 25.4 Å². The molecule has 0 radical (unpaired) electrons. The van der Waals surface area contributed by atoms with Gasteiger partial charge in [-0.15, -0.1) is 0 Å². The van der Waals surface area contributed by atoms with Crippen LogP contribution in [0.4, 0.5) is 0 Å². The standard InChI is InChI=1S/C24H26O10/c1-13(25)30-12-20-18-9-16(11-31-23(28)17-7-5-4-6-8-17)10-19(32-14(2)26)21(18)22(24(29)34-20)33-15(3)27/h4-8,10,18-22H,9,11-12H2,1-3H3/t18-,19-,20-,21+,22-/m1/s1. The number of carbonyl (C=O) groups excluding carboxylic acids is 5. The van der Waals surface area contributed by atoms with Crippen molar-refractivity contribution in [2.75, 3.05) is 13.2 Å². The third-order valence-corrected chi connectivity index (χ3v) is 5.54. The maximum atomic E-state index is 12.7. The summed E-state index contributed by atoms with van der Waals surface area (Å²) in [7, 11) is 0. The van der Waals surface area contributed by atoms with E-state index >= 15 is 0 Å². The van der Waals surface area contributed by atoms with E-state index in [2.05, 4.69) is 0 Å². The molecule has 1 heterocycles. The smallest absolute Gasteiger partial charge is 0.348 e. The average Bonchev–Trinajstić information content (AvgIpc) is 2.78. The second-order valence-corrected chi connectivity index (χ2v) is 8.09. The highest BCUT2D eigenvalue weighted by atomic mass is 16.6. The summed E-state index contributed by atoms with van der Waals surface area (Å²) in [6, 6.07) is 8.44. The van der Waals surface area contributed by atoms with Crippen LogP contribution < -0.4 is 0 Å². The fourth-order valence-electron chi connectivity index (χ4n) is 4.22. The van der Waals surface area contributed by atoms with Gasteiger partial charge in [0.2, 0.25) is 6.10 Å². The third kappa shape index (κ3) is 6.21. The minimum Gasteiger partial charge on any atom is -0.462 e. The quantitative estimate of drug-likeness (QED) is 0.327. The molecule has 182 valence electrons. The fraction of sp³-hybridized carbons (Fsp3) is 0.458. The van der Waals surface area contributed by atoms with Crippen molar-refractivity contribution in [1.82, 2.24) is 0 Å². The molecule has 1 aliphatic carbocycles. The molecule has 1 aromatic rings. The highest BCUT2D eigenvalue weighted by molar-refractivity contribution is 5.89. The minimum atomic E-state index is -1.31. The van der Waals surface area contributed by atoms with Crippen molar-refractivity contribution in [3.05, 3.63) is 47.5 Å². The number of carbonyl (C=O) groups is 5. The predicted molar refractivity (Wildman–Crippen MR) is 114 cm³/mol. The zero-order valence-electron chi connectivity index (χ0n) is 19.1. The van der Waals surface area contributed by atoms with Gasteiger partial charge in [0.25, 0.3) is 0 Å². The van der Waals surface area contributed by atoms with Crippen LogP contribution in [0.5, 0.6) is 0 Å². The highest BCUT2D eigenvalue weighted by Crippen LogP contribution is 2.42. The molecule has 0 aromatic heterocycles. The predicted octanol–water partition coefficient (Wildman–Crippen LogP) is 1.76. The Morgan fingerprint density at radius 3 is 2.24 bits per heavy atom. The van der Waals surface area contributed by atoms with Gasteiger partial charge in [0.15, 0.2) is 0 Å². The molecule has 0 saturated carbocycles. The molecule has 1 fully saturated rings. The molecule has 10 nitrogen and oxygen atoms in total. The molecule has 2 aliphatic rings. The van der Waals surface area contributed by atoms with Crippen LogP contribution in [0.2, 0.25) is 0 Å². The lowest BCUT2D eigenvalue weighted by molar-refractivity contribution is -0.206. The first kappa shape index (κ1) is 24.9. The molecule has 3 rings (SSSR count). The largest absolute Gasteiger partial charge is 0.462 e. The van der Waals surface area contributed by atoms with Gasteiger partial charge in [0.05, 0.1) is 11.5 Å². The normalized spacial score (nSPS) is 25.7. The van der Waals surface area contributed by atoms with Gasteiger partial charge < -0.3 is 23.7 Å². The van der Waals surface area contributed by atoms with E-state index in [9.17, 15) is 24.0 Å². The second kappa shape index (κ2) is 11.0. The Balaban J connectivity index is 1.88. The van der Waals surface area contributed by atoms with E-state index in [0.717, 1.165) is 6.92 Å². The van der Waals surface area contributed by atoms with E-state index < -0.39 is 60.0 Å². The van der Waals surface area contributed by atoms with Crippen molar-refractivity contribution in [3.63, 3.8) is 0 Å². The van der Waals surface area contributed by atoms with Gasteiger partial charge in [-0.3, -0.25) is 14.4 Å². The van der Waals surface area contributed by atoms with Gasteiger partial charge >= 0.3 is 29.8 Å². The summed E-state index contributed by atoms with van der Waals surface area (Å²) in [6.07, 6.45) is -1.29. The van der Waals surface area contributed by atoms with Crippen LogP contribution in [-0.2, 0) is 42.9 Å². The van der Waals surface area contributed by atoms with E-state index in [4.69, 9.17) is 23.7 Å². The maximum Gasteiger partial charge on any atom is 0.348 e. The summed E-state index contributed by atoms with van der Waals surface area (Å²) in [4.78, 5) is 59.9. The summed E-state index contributed by atoms with van der Waals surface area (Å²) in [5.41, 5.74) is 0.992. The molecule has 10 heteroatoms. The molecule has 0 bridgehead atoms. The van der Waals surface area contributed by atoms with Crippen LogP contribution in [0.3, 0.4) is 0 Å². The van der Waals surface area contributed by atoms with Crippen molar-refractivity contribution < 1.29 is 47.7 Å². The molecule has 1 aliphatic heterocycles. The van der Waals surface area contributed by atoms with E-state index in [1.807, 2.05) is 0 Å². The van der Waals surface area contributed by atoms with Crippen LogP contribution in [0.15, 0.2) is 42.0 Å². The Bertz CT molecular complexity index is 983. The molecular weight excluding hydrogens is 448 g/mol. The van der Waals surface area contributed by atoms with E-state index in [1.165, 1.54) is 13.8 Å². The lowest BCUT2D eigenvalue weighted by Crippen LogP contribution is -2.57. The Hall–Kier alpha value is -3.69. The highest BCUT2D eigenvalue weighted by Gasteiger charge is 2.53. The monoisotopic (exact) mass is 474 g/mol. The molecule has 5 atom stereocenters. The first-order valence-electron chi connectivity index (χ1n) is 10.8. The van der Waals surface area contributed by atoms with Gasteiger partial charge in [-0.2, -0.15) is 0 Å². The van der Waals surface area contributed by atoms with Crippen molar-refractivity contribution in [1.29, 1.82) is 0 Å². The maximum absolute atomic E-state index is 12.7. The SMILES string of the molecule is CC(=O)OC[C@H]1OC(=O)[C@H](OC(C)=O)[C@H]2[C@@H]1CC(COC(=O)c1ccccc1)=C[C@H]2OC(C)=O. The molecule has 1 saturated heterocycles. The van der Waals surface area contributed by atoms with Gasteiger partial charge in [0, 0.05) is 26.7 Å². The zero-order valence-corrected chi connectivity index (χ0v) is 19.1. The van der Waals surface area contributed by atoms with Gasteiger partial charge in [-0.1, -0.05) is 18.2 Å². The Morgan fingerprint density at radius 2 is 1.62 bits per heavy atom. The number of cyclic esters (lactones) is 1. The van der Waals surface area contributed by atoms with E-state index in [-0.39, 0.29) is 19.6 Å². The number of rotatable bonds is 7. The van der Waals surface area contributed by atoms with Crippen LogP contribution in [0.1, 0.15) is 37.6 Å². The number of ether oxygens (including phenoxy) is 5. The minimum absolute atomic E-state index is 0.0961. The Kier molecular flexibility index (Phi) is 8.04. The topological polar surface area (TPSA) is 132 Å². The molecule has 0 N–H and O–H groups in total. The molecule has 0 unspecified atom stereocenters. The summed E-state index contributed by atoms with van der Waals surface area (Å²) >= 11 is 0. The van der Waals surface area contributed by atoms with Crippen molar-refractivity contribution in [3.8, 4) is 0 Å². The zero-order chi connectivity index (χ0) is 24.8. The van der Waals surface area contributed by atoms with Crippen LogP contribution in [-0.4, -0.2) is 61.4 Å².